The van der Waals surface area contributed by atoms with E-state index < -0.39 is 16.4 Å². The van der Waals surface area contributed by atoms with Crippen molar-refractivity contribution in [1.29, 1.82) is 0 Å². The predicted octanol–water partition coefficient (Wildman–Crippen LogP) is 5.55. The number of nitrogens with zero attached hydrogens (tertiary/aromatic N) is 2. The lowest BCUT2D eigenvalue weighted by atomic mass is 9.70. The number of nitrogens with one attached hydrogen (secondary N) is 1. The quantitative estimate of drug-likeness (QED) is 0.188. The van der Waals surface area contributed by atoms with Crippen LogP contribution in [0.4, 0.5) is 5.69 Å². The number of aliphatic hydroxyl groups excluding tert-OH is 1. The van der Waals surface area contributed by atoms with Crippen molar-refractivity contribution >= 4 is 40.1 Å². The summed E-state index contributed by atoms with van der Waals surface area (Å²) in [6, 6.07) is 20.7. The zero-order valence-corrected chi connectivity index (χ0v) is 24.2. The average Bonchev–Trinajstić information content (AvgIpc) is 3.30. The number of hydrogen-bond acceptors (Lipinski definition) is 5. The van der Waals surface area contributed by atoms with E-state index >= 15 is 0 Å². The van der Waals surface area contributed by atoms with Crippen molar-refractivity contribution in [2.75, 3.05) is 0 Å². The number of carbonyl (C=O) groups is 2. The van der Waals surface area contributed by atoms with Gasteiger partial charge in [-0.3, -0.25) is 19.7 Å². The summed E-state index contributed by atoms with van der Waals surface area (Å²) in [6.45, 7) is 0.177. The summed E-state index contributed by atoms with van der Waals surface area (Å²) in [5.41, 5.74) is 1.71. The first kappa shape index (κ1) is 28.2. The zero-order chi connectivity index (χ0) is 28.3. The molecule has 1 saturated carbocycles. The molecule has 2 aliphatic rings. The largest absolute Gasteiger partial charge is 0.392 e. The third-order valence-electron chi connectivity index (χ3n) is 8.27. The number of amides is 2. The van der Waals surface area contributed by atoms with Gasteiger partial charge in [-0.2, -0.15) is 0 Å². The summed E-state index contributed by atoms with van der Waals surface area (Å²) in [5, 5.41) is 24.3. The SMILES string of the molecule is O=C1C[C@@](C(=O)NCc2ccccc2)(c2ccc([N+](=O)[O-])cc2)[C@@H](c2ccc(CO)cc2I)N1C1CCCCC1. The van der Waals surface area contributed by atoms with Crippen molar-refractivity contribution in [3.8, 4) is 0 Å². The van der Waals surface area contributed by atoms with Crippen LogP contribution in [0.3, 0.4) is 0 Å². The van der Waals surface area contributed by atoms with E-state index in [1.165, 1.54) is 12.1 Å². The molecular formula is C31H32IN3O5. The van der Waals surface area contributed by atoms with Crippen molar-refractivity contribution in [2.45, 2.75) is 69.2 Å². The van der Waals surface area contributed by atoms with Gasteiger partial charge in [0.05, 0.1) is 17.6 Å². The lowest BCUT2D eigenvalue weighted by Crippen LogP contribution is -2.50. The molecule has 3 aromatic carbocycles. The summed E-state index contributed by atoms with van der Waals surface area (Å²) in [5.74, 6) is -0.379. The van der Waals surface area contributed by atoms with Gasteiger partial charge in [0.25, 0.3) is 5.69 Å². The number of rotatable bonds is 8. The molecule has 0 unspecified atom stereocenters. The van der Waals surface area contributed by atoms with Crippen molar-refractivity contribution in [2.24, 2.45) is 0 Å². The van der Waals surface area contributed by atoms with Gasteiger partial charge in [0.1, 0.15) is 5.41 Å². The third kappa shape index (κ3) is 5.36. The van der Waals surface area contributed by atoms with Crippen LogP contribution in [0, 0.1) is 13.7 Å². The van der Waals surface area contributed by atoms with Crippen molar-refractivity contribution in [1.82, 2.24) is 10.2 Å². The second-order valence-electron chi connectivity index (χ2n) is 10.6. The molecule has 208 valence electrons. The Morgan fingerprint density at radius 2 is 1.73 bits per heavy atom. The molecule has 0 aromatic heterocycles. The molecule has 1 heterocycles. The van der Waals surface area contributed by atoms with Crippen molar-refractivity contribution < 1.29 is 19.6 Å². The molecule has 9 heteroatoms. The first-order valence-electron chi connectivity index (χ1n) is 13.6. The lowest BCUT2D eigenvalue weighted by Gasteiger charge is -2.42. The van der Waals surface area contributed by atoms with Crippen LogP contribution in [0.5, 0.6) is 0 Å². The molecule has 2 atom stereocenters. The molecular weight excluding hydrogens is 621 g/mol. The fourth-order valence-corrected chi connectivity index (χ4v) is 7.17. The maximum absolute atomic E-state index is 14.5. The van der Waals surface area contributed by atoms with Gasteiger partial charge >= 0.3 is 0 Å². The number of aliphatic hydroxyl groups is 1. The topological polar surface area (TPSA) is 113 Å². The Kier molecular flexibility index (Phi) is 8.51. The van der Waals surface area contributed by atoms with Crippen LogP contribution in [0.1, 0.15) is 66.8 Å². The van der Waals surface area contributed by atoms with Gasteiger partial charge in [-0.15, -0.1) is 0 Å². The fourth-order valence-electron chi connectivity index (χ4n) is 6.30. The highest BCUT2D eigenvalue weighted by molar-refractivity contribution is 14.1. The number of nitro benzene ring substituents is 1. The molecule has 0 radical (unpaired) electrons. The Hall–Kier alpha value is -3.31. The molecule has 3 aromatic rings. The monoisotopic (exact) mass is 653 g/mol. The van der Waals surface area contributed by atoms with E-state index in [-0.39, 0.29) is 36.6 Å². The minimum atomic E-state index is -1.31. The standard InChI is InChI=1S/C31H32IN3O5/c32-27-17-22(20-36)11-16-26(27)29-31(23-12-14-25(15-13-23)35(39)40,30(38)33-19-21-7-3-1-4-8-21)18-28(37)34(29)24-9-5-2-6-10-24/h1,3-4,7-8,11-17,24,29,36H,2,5-6,9-10,18-20H2,(H,33,38)/t29-,31-/m1/s1. The molecule has 8 nitrogen and oxygen atoms in total. The highest BCUT2D eigenvalue weighted by atomic mass is 127. The van der Waals surface area contributed by atoms with Crippen LogP contribution in [-0.2, 0) is 28.2 Å². The summed E-state index contributed by atoms with van der Waals surface area (Å²) in [7, 11) is 0. The van der Waals surface area contributed by atoms with E-state index in [2.05, 4.69) is 27.9 Å². The number of hydrogen-bond donors (Lipinski definition) is 2. The number of non-ortho nitro benzene ring substituents is 1. The van der Waals surface area contributed by atoms with Gasteiger partial charge in [-0.05, 0) is 63.8 Å². The van der Waals surface area contributed by atoms with E-state index in [1.807, 2.05) is 53.4 Å². The molecule has 40 heavy (non-hydrogen) atoms. The van der Waals surface area contributed by atoms with Crippen LogP contribution in [0.25, 0.3) is 0 Å². The van der Waals surface area contributed by atoms with Gasteiger partial charge in [0.2, 0.25) is 11.8 Å². The smallest absolute Gasteiger partial charge is 0.269 e. The number of halogens is 1. The normalized spacial score (nSPS) is 21.4. The van der Waals surface area contributed by atoms with Crippen molar-refractivity contribution in [3.05, 3.63) is 109 Å². The first-order chi connectivity index (χ1) is 19.3. The summed E-state index contributed by atoms with van der Waals surface area (Å²) in [4.78, 5) is 41.4. The van der Waals surface area contributed by atoms with Gasteiger partial charge < -0.3 is 15.3 Å². The molecule has 2 fully saturated rings. The Balaban J connectivity index is 1.68. The Morgan fingerprint density at radius 3 is 2.35 bits per heavy atom. The fraction of sp³-hybridized carbons (Fsp3) is 0.355. The Bertz CT molecular complexity index is 1390. The van der Waals surface area contributed by atoms with E-state index in [9.17, 15) is 24.8 Å². The first-order valence-corrected chi connectivity index (χ1v) is 14.7. The van der Waals surface area contributed by atoms with Gasteiger partial charge in [0, 0.05) is 34.7 Å². The van der Waals surface area contributed by atoms with Crippen LogP contribution in [-0.4, -0.2) is 32.8 Å². The number of nitro groups is 1. The molecule has 1 aliphatic carbocycles. The minimum absolute atomic E-state index is 0.00131. The minimum Gasteiger partial charge on any atom is -0.392 e. The second kappa shape index (κ2) is 12.1. The molecule has 5 rings (SSSR count). The maximum atomic E-state index is 14.5. The molecule has 2 amide bonds. The summed E-state index contributed by atoms with van der Waals surface area (Å²) < 4.78 is 0.854. The van der Waals surface area contributed by atoms with Crippen molar-refractivity contribution in [3.63, 3.8) is 0 Å². The number of carbonyl (C=O) groups excluding carboxylic acids is 2. The average molecular weight is 654 g/mol. The maximum Gasteiger partial charge on any atom is 0.269 e. The molecule has 0 bridgehead atoms. The van der Waals surface area contributed by atoms with Crippen LogP contribution >= 0.6 is 22.6 Å². The molecule has 1 saturated heterocycles. The van der Waals surface area contributed by atoms with Crippen LogP contribution in [0.15, 0.2) is 72.8 Å². The molecule has 0 spiro atoms. The van der Waals surface area contributed by atoms with Crippen LogP contribution < -0.4 is 5.32 Å². The van der Waals surface area contributed by atoms with Gasteiger partial charge in [-0.25, -0.2) is 0 Å². The van der Waals surface area contributed by atoms with Crippen LogP contribution in [0.2, 0.25) is 0 Å². The predicted molar refractivity (Wildman–Crippen MR) is 159 cm³/mol. The lowest BCUT2D eigenvalue weighted by molar-refractivity contribution is -0.384. The van der Waals surface area contributed by atoms with Gasteiger partial charge in [0.15, 0.2) is 0 Å². The summed E-state index contributed by atoms with van der Waals surface area (Å²) in [6.07, 6.45) is 4.87. The summed E-state index contributed by atoms with van der Waals surface area (Å²) >= 11 is 2.22. The molecule has 1 aliphatic heterocycles. The number of likely N-dealkylation sites (tertiary alicyclic amines) is 1. The van der Waals surface area contributed by atoms with Gasteiger partial charge in [-0.1, -0.05) is 73.9 Å². The second-order valence-corrected chi connectivity index (χ2v) is 11.8. The van der Waals surface area contributed by atoms with E-state index in [1.54, 1.807) is 12.1 Å². The highest BCUT2D eigenvalue weighted by Crippen LogP contribution is 2.53. The highest BCUT2D eigenvalue weighted by Gasteiger charge is 2.59. The third-order valence-corrected chi connectivity index (χ3v) is 9.20. The Labute approximate surface area is 247 Å². The Morgan fingerprint density at radius 1 is 1.02 bits per heavy atom. The van der Waals surface area contributed by atoms with E-state index in [0.29, 0.717) is 12.1 Å². The zero-order valence-electron chi connectivity index (χ0n) is 22.1. The van der Waals surface area contributed by atoms with E-state index in [0.717, 1.165) is 52.4 Å². The molecule has 2 N–H and O–H groups in total. The van der Waals surface area contributed by atoms with E-state index in [4.69, 9.17) is 0 Å². The number of benzene rings is 3.